The Labute approximate surface area is 190 Å². The summed E-state index contributed by atoms with van der Waals surface area (Å²) in [4.78, 5) is 21.6. The minimum absolute atomic E-state index is 0.0695. The van der Waals surface area contributed by atoms with Crippen LogP contribution in [0, 0.1) is 6.92 Å². The molecule has 2 heterocycles. The number of rotatable bonds is 6. The van der Waals surface area contributed by atoms with E-state index in [0.29, 0.717) is 0 Å². The van der Waals surface area contributed by atoms with Gasteiger partial charge in [-0.1, -0.05) is 48.0 Å². The number of carbonyl (C=O) groups excluding carboxylic acids is 1. The molecule has 0 radical (unpaired) electrons. The van der Waals surface area contributed by atoms with Gasteiger partial charge in [0.1, 0.15) is 5.82 Å². The summed E-state index contributed by atoms with van der Waals surface area (Å²) in [5, 5.41) is 3.08. The molecule has 5 heteroatoms. The molecule has 1 aliphatic rings. The third-order valence-corrected chi connectivity index (χ3v) is 5.85. The number of benzene rings is 2. The first kappa shape index (κ1) is 21.6. The molecule has 1 aromatic heterocycles. The van der Waals surface area contributed by atoms with Crippen molar-refractivity contribution < 1.29 is 4.79 Å². The summed E-state index contributed by atoms with van der Waals surface area (Å²) in [6.07, 6.45) is 5.29. The quantitative estimate of drug-likeness (QED) is 0.585. The molecular formula is C27H30N4O. The van der Waals surface area contributed by atoms with Crippen molar-refractivity contribution in [1.82, 2.24) is 10.3 Å². The van der Waals surface area contributed by atoms with E-state index in [1.165, 1.54) is 11.3 Å². The van der Waals surface area contributed by atoms with Gasteiger partial charge in [0.2, 0.25) is 5.91 Å². The van der Waals surface area contributed by atoms with Crippen LogP contribution < -0.4 is 15.1 Å². The van der Waals surface area contributed by atoms with Crippen LogP contribution in [0.3, 0.4) is 0 Å². The third kappa shape index (κ3) is 5.55. The zero-order valence-electron chi connectivity index (χ0n) is 18.7. The highest BCUT2D eigenvalue weighted by Crippen LogP contribution is 2.23. The van der Waals surface area contributed by atoms with Crippen LogP contribution in [0.4, 0.5) is 11.5 Å². The topological polar surface area (TPSA) is 48.5 Å². The van der Waals surface area contributed by atoms with Gasteiger partial charge in [-0.2, -0.15) is 0 Å². The number of hydrogen-bond donors (Lipinski definition) is 1. The van der Waals surface area contributed by atoms with E-state index in [0.717, 1.165) is 43.1 Å². The van der Waals surface area contributed by atoms with Crippen LogP contribution in [-0.2, 0) is 4.79 Å². The van der Waals surface area contributed by atoms with Crippen LogP contribution >= 0.6 is 0 Å². The maximum Gasteiger partial charge on any atom is 0.244 e. The van der Waals surface area contributed by atoms with Crippen LogP contribution in [0.2, 0.25) is 0 Å². The molecule has 0 saturated carbocycles. The zero-order chi connectivity index (χ0) is 22.3. The highest BCUT2D eigenvalue weighted by Gasteiger charge is 2.19. The average molecular weight is 427 g/mol. The van der Waals surface area contributed by atoms with Gasteiger partial charge in [0.15, 0.2) is 0 Å². The Kier molecular flexibility index (Phi) is 6.85. The minimum atomic E-state index is -0.0903. The van der Waals surface area contributed by atoms with Gasteiger partial charge in [-0.05, 0) is 55.3 Å². The number of pyridine rings is 1. The second kappa shape index (κ2) is 10.1. The van der Waals surface area contributed by atoms with Crippen LogP contribution in [0.15, 0.2) is 79.0 Å². The van der Waals surface area contributed by atoms with Gasteiger partial charge in [-0.25, -0.2) is 4.98 Å². The van der Waals surface area contributed by atoms with Gasteiger partial charge >= 0.3 is 0 Å². The fraction of sp³-hybridized carbons (Fsp3) is 0.259. The first-order valence-corrected chi connectivity index (χ1v) is 11.1. The summed E-state index contributed by atoms with van der Waals surface area (Å²) < 4.78 is 0. The molecule has 1 atom stereocenters. The molecule has 1 N–H and O–H groups in total. The number of anilines is 2. The Morgan fingerprint density at radius 3 is 2.44 bits per heavy atom. The van der Waals surface area contributed by atoms with Crippen molar-refractivity contribution in [2.45, 2.75) is 19.9 Å². The van der Waals surface area contributed by atoms with Crippen LogP contribution in [0.1, 0.15) is 29.7 Å². The maximum atomic E-state index is 12.4. The van der Waals surface area contributed by atoms with Crippen molar-refractivity contribution >= 4 is 23.5 Å². The maximum absolute atomic E-state index is 12.4. The summed E-state index contributed by atoms with van der Waals surface area (Å²) in [5.74, 6) is 0.948. The Morgan fingerprint density at radius 2 is 1.72 bits per heavy atom. The molecule has 164 valence electrons. The number of piperazine rings is 1. The predicted octanol–water partition coefficient (Wildman–Crippen LogP) is 4.61. The largest absolute Gasteiger partial charge is 0.368 e. The molecule has 0 bridgehead atoms. The van der Waals surface area contributed by atoms with E-state index in [4.69, 9.17) is 0 Å². The predicted molar refractivity (Wildman–Crippen MR) is 132 cm³/mol. The van der Waals surface area contributed by atoms with E-state index in [2.05, 4.69) is 57.4 Å². The molecule has 4 rings (SSSR count). The van der Waals surface area contributed by atoms with E-state index in [1.54, 1.807) is 6.08 Å². The van der Waals surface area contributed by atoms with Crippen LogP contribution in [0.5, 0.6) is 0 Å². The van der Waals surface area contributed by atoms with E-state index in [9.17, 15) is 4.79 Å². The van der Waals surface area contributed by atoms with Gasteiger partial charge < -0.3 is 15.1 Å². The Hall–Kier alpha value is -3.60. The minimum Gasteiger partial charge on any atom is -0.368 e. The first-order valence-electron chi connectivity index (χ1n) is 11.1. The van der Waals surface area contributed by atoms with Crippen molar-refractivity contribution in [2.75, 3.05) is 36.0 Å². The lowest BCUT2D eigenvalue weighted by Gasteiger charge is -2.37. The van der Waals surface area contributed by atoms with Crippen LogP contribution in [-0.4, -0.2) is 37.1 Å². The summed E-state index contributed by atoms with van der Waals surface area (Å²) in [6, 6.07) is 22.6. The molecule has 1 saturated heterocycles. The van der Waals surface area contributed by atoms with Gasteiger partial charge in [0.05, 0.1) is 6.04 Å². The highest BCUT2D eigenvalue weighted by atomic mass is 16.1. The number of amides is 1. The number of aromatic nitrogens is 1. The van der Waals surface area contributed by atoms with E-state index < -0.39 is 0 Å². The van der Waals surface area contributed by atoms with Crippen molar-refractivity contribution in [3.05, 3.63) is 95.7 Å². The molecule has 32 heavy (non-hydrogen) atoms. The highest BCUT2D eigenvalue weighted by molar-refractivity contribution is 5.92. The Bertz CT molecular complexity index is 1050. The normalized spacial score (nSPS) is 15.1. The summed E-state index contributed by atoms with van der Waals surface area (Å²) in [7, 11) is 0. The molecule has 0 aliphatic carbocycles. The van der Waals surface area contributed by atoms with Crippen molar-refractivity contribution in [1.29, 1.82) is 0 Å². The molecule has 0 spiro atoms. The smallest absolute Gasteiger partial charge is 0.244 e. The van der Waals surface area contributed by atoms with Crippen molar-refractivity contribution in [3.63, 3.8) is 0 Å². The summed E-state index contributed by atoms with van der Waals surface area (Å²) in [6.45, 7) is 7.85. The fourth-order valence-electron chi connectivity index (χ4n) is 3.92. The molecular weight excluding hydrogens is 396 g/mol. The number of aryl methyl sites for hydroxylation is 1. The SMILES string of the molecule is Cc1ccc(C=CC(=O)NC(C)c2cccc(N3CCN(c4ccccn4)CC3)c2)cc1. The molecule has 5 nitrogen and oxygen atoms in total. The fourth-order valence-corrected chi connectivity index (χ4v) is 3.92. The van der Waals surface area contributed by atoms with Gasteiger partial charge in [-0.3, -0.25) is 4.79 Å². The van der Waals surface area contributed by atoms with Crippen LogP contribution in [0.25, 0.3) is 6.08 Å². The first-order chi connectivity index (χ1) is 15.6. The second-order valence-electron chi connectivity index (χ2n) is 8.23. The molecule has 1 aliphatic heterocycles. The molecule has 1 fully saturated rings. The number of carbonyl (C=O) groups is 1. The van der Waals surface area contributed by atoms with E-state index in [1.807, 2.05) is 55.6 Å². The standard InChI is InChI=1S/C27H30N4O/c1-21-9-11-23(12-10-21)13-14-27(32)29-22(2)24-6-5-7-25(20-24)30-16-18-31(19-17-30)26-8-3-4-15-28-26/h3-15,20,22H,16-19H2,1-2H3,(H,29,32). The monoisotopic (exact) mass is 426 g/mol. The van der Waals surface area contributed by atoms with Gasteiger partial charge in [0, 0.05) is 44.1 Å². The molecule has 2 aromatic carbocycles. The molecule has 1 unspecified atom stereocenters. The number of nitrogens with one attached hydrogen (secondary N) is 1. The molecule has 3 aromatic rings. The second-order valence-corrected chi connectivity index (χ2v) is 8.23. The summed E-state index contributed by atoms with van der Waals surface area (Å²) >= 11 is 0. The third-order valence-electron chi connectivity index (χ3n) is 5.85. The lowest BCUT2D eigenvalue weighted by molar-refractivity contribution is -0.117. The Balaban J connectivity index is 1.34. The van der Waals surface area contributed by atoms with E-state index in [-0.39, 0.29) is 11.9 Å². The van der Waals surface area contributed by atoms with Crippen molar-refractivity contribution in [2.24, 2.45) is 0 Å². The number of hydrogen-bond acceptors (Lipinski definition) is 4. The lowest BCUT2D eigenvalue weighted by atomic mass is 10.1. The zero-order valence-corrected chi connectivity index (χ0v) is 18.7. The van der Waals surface area contributed by atoms with Gasteiger partial charge in [-0.15, -0.1) is 0 Å². The van der Waals surface area contributed by atoms with Crippen molar-refractivity contribution in [3.8, 4) is 0 Å². The lowest BCUT2D eigenvalue weighted by Crippen LogP contribution is -2.46. The number of nitrogens with zero attached hydrogens (tertiary/aromatic N) is 3. The Morgan fingerprint density at radius 1 is 0.969 bits per heavy atom. The van der Waals surface area contributed by atoms with E-state index >= 15 is 0 Å². The molecule has 1 amide bonds. The van der Waals surface area contributed by atoms with Gasteiger partial charge in [0.25, 0.3) is 0 Å². The average Bonchev–Trinajstić information content (AvgIpc) is 2.84. The summed E-state index contributed by atoms with van der Waals surface area (Å²) in [5.41, 5.74) is 4.52.